The van der Waals surface area contributed by atoms with Gasteiger partial charge in [-0.25, -0.2) is 9.59 Å². The van der Waals surface area contributed by atoms with Gasteiger partial charge in [-0.1, -0.05) is 48.2 Å². The highest BCUT2D eigenvalue weighted by atomic mass is 32.2. The van der Waals surface area contributed by atoms with Crippen molar-refractivity contribution >= 4 is 45.2 Å². The summed E-state index contributed by atoms with van der Waals surface area (Å²) in [5, 5.41) is 6.50. The molecule has 0 aromatic heterocycles. The standard InChI is InChI=1S/C28H26N2O4S/c1-27(2)15-22-20-8-6-5-7-17(20)9-14-21(22)24(30-27)35-19-12-10-18(11-13-19)29-16-23-25(31)33-28(3,4)34-26(23)32/h5-14,16,29H,15H2,1-4H3. The number of thioether (sulfide) groups is 1. The third-order valence-electron chi connectivity index (χ3n) is 5.85. The number of aliphatic imine (C=N–C) groups is 1. The Balaban J connectivity index is 1.36. The van der Waals surface area contributed by atoms with Crippen LogP contribution in [0.1, 0.15) is 38.8 Å². The normalized spacial score (nSPS) is 18.3. The zero-order valence-corrected chi connectivity index (χ0v) is 20.9. The van der Waals surface area contributed by atoms with Crippen LogP contribution in [0.3, 0.4) is 0 Å². The number of nitrogens with one attached hydrogen (secondary N) is 1. The number of benzene rings is 3. The molecule has 7 heteroatoms. The van der Waals surface area contributed by atoms with E-state index in [4.69, 9.17) is 14.5 Å². The number of anilines is 1. The van der Waals surface area contributed by atoms with Crippen molar-refractivity contribution in [3.05, 3.63) is 83.6 Å². The number of nitrogens with zero attached hydrogens (tertiary/aromatic N) is 1. The molecular weight excluding hydrogens is 460 g/mol. The molecule has 2 aliphatic rings. The summed E-state index contributed by atoms with van der Waals surface area (Å²) < 4.78 is 10.2. The molecule has 0 bridgehead atoms. The molecule has 0 spiro atoms. The summed E-state index contributed by atoms with van der Waals surface area (Å²) >= 11 is 1.63. The van der Waals surface area contributed by atoms with E-state index in [1.165, 1.54) is 41.9 Å². The van der Waals surface area contributed by atoms with E-state index in [1.807, 2.05) is 24.3 Å². The molecule has 0 atom stereocenters. The van der Waals surface area contributed by atoms with Crippen LogP contribution in [-0.2, 0) is 25.5 Å². The van der Waals surface area contributed by atoms with E-state index in [1.54, 1.807) is 11.8 Å². The van der Waals surface area contributed by atoms with Crippen LogP contribution in [-0.4, -0.2) is 28.3 Å². The maximum absolute atomic E-state index is 12.1. The van der Waals surface area contributed by atoms with Gasteiger partial charge in [-0.3, -0.25) is 4.99 Å². The zero-order chi connectivity index (χ0) is 24.8. The summed E-state index contributed by atoms with van der Waals surface area (Å²) in [6, 6.07) is 20.6. The molecule has 1 fully saturated rings. The Morgan fingerprint density at radius 2 is 1.60 bits per heavy atom. The molecule has 0 aliphatic carbocycles. The number of ether oxygens (including phenoxy) is 2. The number of hydrogen-bond acceptors (Lipinski definition) is 7. The predicted octanol–water partition coefficient (Wildman–Crippen LogP) is 5.85. The van der Waals surface area contributed by atoms with Gasteiger partial charge in [-0.15, -0.1) is 0 Å². The van der Waals surface area contributed by atoms with Crippen molar-refractivity contribution in [3.8, 4) is 0 Å². The summed E-state index contributed by atoms with van der Waals surface area (Å²) in [4.78, 5) is 30.3. The molecule has 0 amide bonds. The van der Waals surface area contributed by atoms with Crippen LogP contribution in [0.4, 0.5) is 5.69 Å². The fraction of sp³-hybridized carbons (Fsp3) is 0.250. The fourth-order valence-corrected chi connectivity index (χ4v) is 5.37. The first-order valence-electron chi connectivity index (χ1n) is 11.4. The molecule has 178 valence electrons. The molecular formula is C28H26N2O4S. The Morgan fingerprint density at radius 3 is 2.31 bits per heavy atom. The number of hydrogen-bond donors (Lipinski definition) is 1. The molecule has 0 radical (unpaired) electrons. The first-order chi connectivity index (χ1) is 16.6. The van der Waals surface area contributed by atoms with E-state index >= 15 is 0 Å². The van der Waals surface area contributed by atoms with E-state index < -0.39 is 17.7 Å². The first kappa shape index (κ1) is 23.2. The van der Waals surface area contributed by atoms with Crippen molar-refractivity contribution < 1.29 is 19.1 Å². The highest BCUT2D eigenvalue weighted by Gasteiger charge is 2.39. The van der Waals surface area contributed by atoms with Crippen LogP contribution < -0.4 is 5.32 Å². The van der Waals surface area contributed by atoms with Crippen molar-refractivity contribution in [3.63, 3.8) is 0 Å². The summed E-state index contributed by atoms with van der Waals surface area (Å²) in [5.74, 6) is -2.68. The maximum Gasteiger partial charge on any atom is 0.350 e. The predicted molar refractivity (Wildman–Crippen MR) is 139 cm³/mol. The minimum atomic E-state index is -1.26. The Labute approximate surface area is 208 Å². The summed E-state index contributed by atoms with van der Waals surface area (Å²) in [6.07, 6.45) is 2.21. The highest BCUT2D eigenvalue weighted by Crippen LogP contribution is 2.37. The van der Waals surface area contributed by atoms with Crippen molar-refractivity contribution in [2.75, 3.05) is 5.32 Å². The lowest BCUT2D eigenvalue weighted by molar-refractivity contribution is -0.222. The van der Waals surface area contributed by atoms with Crippen LogP contribution in [0, 0.1) is 0 Å². The van der Waals surface area contributed by atoms with Gasteiger partial charge in [-0.2, -0.15) is 0 Å². The number of fused-ring (bicyclic) bond motifs is 3. The van der Waals surface area contributed by atoms with Crippen molar-refractivity contribution in [1.82, 2.24) is 0 Å². The number of carbonyl (C=O) groups excluding carboxylic acids is 2. The second kappa shape index (κ2) is 8.57. The van der Waals surface area contributed by atoms with Gasteiger partial charge in [0.1, 0.15) is 5.04 Å². The molecule has 35 heavy (non-hydrogen) atoms. The van der Waals surface area contributed by atoms with E-state index in [0.29, 0.717) is 0 Å². The lowest BCUT2D eigenvalue weighted by Gasteiger charge is -2.30. The second-order valence-electron chi connectivity index (χ2n) is 9.73. The first-order valence-corrected chi connectivity index (χ1v) is 12.2. The van der Waals surface area contributed by atoms with Crippen LogP contribution in [0.25, 0.3) is 10.8 Å². The van der Waals surface area contributed by atoms with Crippen molar-refractivity contribution in [1.29, 1.82) is 0 Å². The van der Waals surface area contributed by atoms with Gasteiger partial charge in [0.05, 0.1) is 5.54 Å². The highest BCUT2D eigenvalue weighted by molar-refractivity contribution is 8.14. The van der Waals surface area contributed by atoms with Crippen LogP contribution in [0.2, 0.25) is 0 Å². The lowest BCUT2D eigenvalue weighted by Crippen LogP contribution is -2.42. The third-order valence-corrected chi connectivity index (χ3v) is 6.87. The Kier molecular flexibility index (Phi) is 5.68. The maximum atomic E-state index is 12.1. The molecule has 5 rings (SSSR count). The van der Waals surface area contributed by atoms with Gasteiger partial charge < -0.3 is 14.8 Å². The summed E-state index contributed by atoms with van der Waals surface area (Å²) in [5.41, 5.74) is 2.88. The quantitative estimate of drug-likeness (QED) is 0.285. The van der Waals surface area contributed by atoms with Crippen molar-refractivity contribution in [2.24, 2.45) is 4.99 Å². The average Bonchev–Trinajstić information content (AvgIpc) is 2.78. The summed E-state index contributed by atoms with van der Waals surface area (Å²) in [7, 11) is 0. The Bertz CT molecular complexity index is 1380. The van der Waals surface area contributed by atoms with Gasteiger partial charge >= 0.3 is 11.9 Å². The zero-order valence-electron chi connectivity index (χ0n) is 20.0. The van der Waals surface area contributed by atoms with Gasteiger partial charge in [0.25, 0.3) is 5.79 Å². The van der Waals surface area contributed by atoms with Gasteiger partial charge in [0, 0.05) is 36.2 Å². The smallest absolute Gasteiger partial charge is 0.350 e. The second-order valence-corrected chi connectivity index (χ2v) is 10.8. The summed E-state index contributed by atoms with van der Waals surface area (Å²) in [6.45, 7) is 7.37. The molecule has 1 saturated heterocycles. The minimum absolute atomic E-state index is 0.176. The molecule has 2 aliphatic heterocycles. The molecule has 0 unspecified atom stereocenters. The molecule has 3 aromatic rings. The van der Waals surface area contributed by atoms with Crippen LogP contribution in [0.5, 0.6) is 0 Å². The largest absolute Gasteiger partial charge is 0.419 e. The molecule has 1 N–H and O–H groups in total. The SMILES string of the molecule is CC1(C)Cc2c(ccc3ccccc23)C(Sc2ccc(NC=C3C(=O)OC(C)(C)OC3=O)cc2)=N1. The average molecular weight is 487 g/mol. The van der Waals surface area contributed by atoms with E-state index in [-0.39, 0.29) is 11.1 Å². The lowest BCUT2D eigenvalue weighted by atomic mass is 9.86. The van der Waals surface area contributed by atoms with Crippen molar-refractivity contribution in [2.45, 2.75) is 50.3 Å². The number of carbonyl (C=O) groups is 2. The number of esters is 2. The minimum Gasteiger partial charge on any atom is -0.419 e. The fourth-order valence-electron chi connectivity index (χ4n) is 4.28. The monoisotopic (exact) mass is 486 g/mol. The van der Waals surface area contributed by atoms with Gasteiger partial charge in [0.15, 0.2) is 5.57 Å². The molecule has 0 saturated carbocycles. The molecule has 2 heterocycles. The van der Waals surface area contributed by atoms with E-state index in [9.17, 15) is 9.59 Å². The Morgan fingerprint density at radius 1 is 0.914 bits per heavy atom. The van der Waals surface area contributed by atoms with Crippen LogP contribution in [0.15, 0.2) is 82.3 Å². The van der Waals surface area contributed by atoms with Gasteiger partial charge in [0.2, 0.25) is 0 Å². The third kappa shape index (κ3) is 4.82. The number of cyclic esters (lactones) is 2. The van der Waals surface area contributed by atoms with E-state index in [2.05, 4.69) is 55.6 Å². The van der Waals surface area contributed by atoms with Gasteiger partial charge in [-0.05, 0) is 60.9 Å². The topological polar surface area (TPSA) is 77.0 Å². The van der Waals surface area contributed by atoms with E-state index in [0.717, 1.165) is 22.0 Å². The number of rotatable bonds is 3. The Hall–Kier alpha value is -3.58. The molecule has 3 aromatic carbocycles. The molecule has 6 nitrogen and oxygen atoms in total. The van der Waals surface area contributed by atoms with Crippen LogP contribution >= 0.6 is 11.8 Å².